The number of ether oxygens (including phenoxy) is 2. The van der Waals surface area contributed by atoms with Crippen molar-refractivity contribution >= 4 is 11.8 Å². The molecule has 0 aromatic heterocycles. The predicted octanol–water partition coefficient (Wildman–Crippen LogP) is 4.02. The molecule has 1 heterocycles. The van der Waals surface area contributed by atoms with E-state index in [4.69, 9.17) is 9.47 Å². The molecule has 0 bridgehead atoms. The van der Waals surface area contributed by atoms with E-state index in [0.29, 0.717) is 24.4 Å². The zero-order chi connectivity index (χ0) is 24.1. The number of amides is 2. The van der Waals surface area contributed by atoms with Crippen molar-refractivity contribution in [1.82, 2.24) is 10.2 Å². The van der Waals surface area contributed by atoms with Crippen molar-refractivity contribution in [2.75, 3.05) is 27.3 Å². The number of methoxy groups -OCH3 is 2. The summed E-state index contributed by atoms with van der Waals surface area (Å²) in [6.45, 7) is 0.994. The standard InChI is InChI=1S/C27H27FN2O4/c1-33-22-12-8-19(9-13-22)24-16-30(27(32)20-4-3-5-23(14-20)34-2)17-25(24)26(31)29-15-18-6-10-21(28)11-7-18/h3-14,24-25H,15-17H2,1-2H3,(H,29,31)/t24-,25-/m0/s1. The number of hydrogen-bond acceptors (Lipinski definition) is 4. The van der Waals surface area contributed by atoms with E-state index in [1.165, 1.54) is 12.1 Å². The van der Waals surface area contributed by atoms with Crippen molar-refractivity contribution < 1.29 is 23.5 Å². The zero-order valence-electron chi connectivity index (χ0n) is 19.2. The van der Waals surface area contributed by atoms with E-state index in [-0.39, 0.29) is 30.1 Å². The molecular weight excluding hydrogens is 435 g/mol. The van der Waals surface area contributed by atoms with E-state index >= 15 is 0 Å². The normalized spacial score (nSPS) is 17.3. The average molecular weight is 463 g/mol. The number of halogens is 1. The highest BCUT2D eigenvalue weighted by Gasteiger charge is 2.40. The maximum atomic E-state index is 13.3. The van der Waals surface area contributed by atoms with E-state index in [2.05, 4.69) is 5.32 Å². The highest BCUT2D eigenvalue weighted by Crippen LogP contribution is 2.35. The Labute approximate surface area is 198 Å². The molecule has 1 aliphatic rings. The lowest BCUT2D eigenvalue weighted by Gasteiger charge is -2.18. The monoisotopic (exact) mass is 462 g/mol. The first-order valence-corrected chi connectivity index (χ1v) is 11.1. The summed E-state index contributed by atoms with van der Waals surface area (Å²) in [7, 11) is 3.16. The van der Waals surface area contributed by atoms with E-state index in [0.717, 1.165) is 16.9 Å². The smallest absolute Gasteiger partial charge is 0.254 e. The fourth-order valence-corrected chi connectivity index (χ4v) is 4.29. The second-order valence-corrected chi connectivity index (χ2v) is 8.27. The van der Waals surface area contributed by atoms with Crippen LogP contribution in [0.4, 0.5) is 4.39 Å². The van der Waals surface area contributed by atoms with Crippen molar-refractivity contribution in [2.45, 2.75) is 12.5 Å². The summed E-state index contributed by atoms with van der Waals surface area (Å²) in [5, 5.41) is 2.96. The Hall–Kier alpha value is -3.87. The van der Waals surface area contributed by atoms with Gasteiger partial charge in [-0.3, -0.25) is 9.59 Å². The molecular formula is C27H27FN2O4. The van der Waals surface area contributed by atoms with Gasteiger partial charge in [-0.2, -0.15) is 0 Å². The highest BCUT2D eigenvalue weighted by atomic mass is 19.1. The van der Waals surface area contributed by atoms with Crippen molar-refractivity contribution in [3.05, 3.63) is 95.3 Å². The van der Waals surface area contributed by atoms with Crippen LogP contribution in [0.2, 0.25) is 0 Å². The largest absolute Gasteiger partial charge is 0.497 e. The molecule has 3 aromatic carbocycles. The third-order valence-electron chi connectivity index (χ3n) is 6.18. The minimum atomic E-state index is -0.427. The first kappa shape index (κ1) is 23.3. The lowest BCUT2D eigenvalue weighted by atomic mass is 9.88. The molecule has 1 saturated heterocycles. The van der Waals surface area contributed by atoms with Crippen LogP contribution in [-0.4, -0.2) is 44.0 Å². The molecule has 7 heteroatoms. The molecule has 3 aromatic rings. The molecule has 4 rings (SSSR count). The Bertz CT molecular complexity index is 1150. The van der Waals surface area contributed by atoms with Crippen molar-refractivity contribution in [3.63, 3.8) is 0 Å². The quantitative estimate of drug-likeness (QED) is 0.576. The molecule has 0 spiro atoms. The maximum Gasteiger partial charge on any atom is 0.254 e. The number of carbonyl (C=O) groups excluding carboxylic acids is 2. The number of hydrogen-bond donors (Lipinski definition) is 1. The van der Waals surface area contributed by atoms with Crippen LogP contribution in [0, 0.1) is 11.7 Å². The number of nitrogens with zero attached hydrogens (tertiary/aromatic N) is 1. The molecule has 176 valence electrons. The van der Waals surface area contributed by atoms with Crippen LogP contribution in [0.3, 0.4) is 0 Å². The van der Waals surface area contributed by atoms with Crippen LogP contribution in [0.15, 0.2) is 72.8 Å². The SMILES string of the molecule is COc1ccc([C@@H]2CN(C(=O)c3cccc(OC)c3)C[C@@H]2C(=O)NCc2ccc(F)cc2)cc1. The van der Waals surface area contributed by atoms with Gasteiger partial charge < -0.3 is 19.7 Å². The average Bonchev–Trinajstić information content (AvgIpc) is 3.33. The number of benzene rings is 3. The minimum absolute atomic E-state index is 0.147. The van der Waals surface area contributed by atoms with Crippen LogP contribution < -0.4 is 14.8 Å². The molecule has 1 aliphatic heterocycles. The summed E-state index contributed by atoms with van der Waals surface area (Å²) in [6.07, 6.45) is 0. The number of nitrogens with one attached hydrogen (secondary N) is 1. The van der Waals surface area contributed by atoms with Crippen LogP contribution in [0.1, 0.15) is 27.4 Å². The fourth-order valence-electron chi connectivity index (χ4n) is 4.29. The second kappa shape index (κ2) is 10.4. The number of rotatable bonds is 7. The van der Waals surface area contributed by atoms with Gasteiger partial charge in [-0.15, -0.1) is 0 Å². The fraction of sp³-hybridized carbons (Fsp3) is 0.259. The number of carbonyl (C=O) groups is 2. The lowest BCUT2D eigenvalue weighted by molar-refractivity contribution is -0.125. The van der Waals surface area contributed by atoms with Crippen LogP contribution >= 0.6 is 0 Å². The lowest BCUT2D eigenvalue weighted by Crippen LogP contribution is -2.35. The van der Waals surface area contributed by atoms with E-state index in [1.807, 2.05) is 24.3 Å². The van der Waals surface area contributed by atoms with Crippen LogP contribution in [0.5, 0.6) is 11.5 Å². The molecule has 2 atom stereocenters. The Balaban J connectivity index is 1.54. The zero-order valence-corrected chi connectivity index (χ0v) is 19.2. The molecule has 0 aliphatic carbocycles. The first-order valence-electron chi connectivity index (χ1n) is 11.1. The first-order chi connectivity index (χ1) is 16.5. The summed E-state index contributed by atoms with van der Waals surface area (Å²) in [5.74, 6) is 0.111. The Kier molecular flexibility index (Phi) is 7.11. The van der Waals surface area contributed by atoms with Gasteiger partial charge in [0.25, 0.3) is 5.91 Å². The third-order valence-corrected chi connectivity index (χ3v) is 6.18. The maximum absolute atomic E-state index is 13.3. The van der Waals surface area contributed by atoms with Gasteiger partial charge in [-0.1, -0.05) is 30.3 Å². The van der Waals surface area contributed by atoms with E-state index in [9.17, 15) is 14.0 Å². The molecule has 0 saturated carbocycles. The van der Waals surface area contributed by atoms with Gasteiger partial charge in [0.15, 0.2) is 0 Å². The van der Waals surface area contributed by atoms with Gasteiger partial charge >= 0.3 is 0 Å². The van der Waals surface area contributed by atoms with Crippen LogP contribution in [0.25, 0.3) is 0 Å². The van der Waals surface area contributed by atoms with Gasteiger partial charge in [0.1, 0.15) is 17.3 Å². The molecule has 1 fully saturated rings. The van der Waals surface area contributed by atoms with Crippen molar-refractivity contribution in [3.8, 4) is 11.5 Å². The number of likely N-dealkylation sites (tertiary alicyclic amines) is 1. The Morgan fingerprint density at radius 3 is 2.32 bits per heavy atom. The summed E-state index contributed by atoms with van der Waals surface area (Å²) in [5.41, 5.74) is 2.28. The molecule has 34 heavy (non-hydrogen) atoms. The molecule has 1 N–H and O–H groups in total. The summed E-state index contributed by atoms with van der Waals surface area (Å²) in [6, 6.07) is 20.6. The topological polar surface area (TPSA) is 67.9 Å². The second-order valence-electron chi connectivity index (χ2n) is 8.27. The van der Waals surface area contributed by atoms with Crippen molar-refractivity contribution in [2.24, 2.45) is 5.92 Å². The van der Waals surface area contributed by atoms with Gasteiger partial charge in [-0.25, -0.2) is 4.39 Å². The minimum Gasteiger partial charge on any atom is -0.497 e. The van der Waals surface area contributed by atoms with E-state index in [1.54, 1.807) is 55.5 Å². The van der Waals surface area contributed by atoms with Gasteiger partial charge in [0.2, 0.25) is 5.91 Å². The highest BCUT2D eigenvalue weighted by molar-refractivity contribution is 5.95. The molecule has 6 nitrogen and oxygen atoms in total. The summed E-state index contributed by atoms with van der Waals surface area (Å²) < 4.78 is 23.7. The molecule has 0 radical (unpaired) electrons. The van der Waals surface area contributed by atoms with Crippen molar-refractivity contribution in [1.29, 1.82) is 0 Å². The summed E-state index contributed by atoms with van der Waals surface area (Å²) >= 11 is 0. The molecule has 2 amide bonds. The summed E-state index contributed by atoms with van der Waals surface area (Å²) in [4.78, 5) is 28.2. The van der Waals surface area contributed by atoms with Gasteiger partial charge in [-0.05, 0) is 53.6 Å². The predicted molar refractivity (Wildman–Crippen MR) is 126 cm³/mol. The van der Waals surface area contributed by atoms with Gasteiger partial charge in [0.05, 0.1) is 20.1 Å². The van der Waals surface area contributed by atoms with E-state index < -0.39 is 5.92 Å². The van der Waals surface area contributed by atoms with Crippen LogP contribution in [-0.2, 0) is 11.3 Å². The Morgan fingerprint density at radius 2 is 1.65 bits per heavy atom. The molecule has 0 unspecified atom stereocenters. The van der Waals surface area contributed by atoms with Gasteiger partial charge in [0, 0.05) is 31.1 Å². The Morgan fingerprint density at radius 1 is 0.941 bits per heavy atom. The third kappa shape index (κ3) is 5.20.